The summed E-state index contributed by atoms with van der Waals surface area (Å²) in [6.45, 7) is 0.124. The lowest BCUT2D eigenvalue weighted by atomic mass is 10.5. The van der Waals surface area contributed by atoms with E-state index >= 15 is 0 Å². The second-order valence-corrected chi connectivity index (χ2v) is 3.11. The molecule has 0 unspecified atom stereocenters. The molecule has 0 atom stereocenters. The number of amides is 2. The Hall–Kier alpha value is -1.50. The SMILES string of the molecule is NC(=O)NN1C=CC(=S(=O)=O)C1. The monoisotopic (exact) mass is 189 g/mol. The molecule has 12 heavy (non-hydrogen) atoms. The maximum Gasteiger partial charge on any atom is 0.330 e. The lowest BCUT2D eigenvalue weighted by Crippen LogP contribution is -2.41. The van der Waals surface area contributed by atoms with Gasteiger partial charge in [0, 0.05) is 6.20 Å². The third-order valence-corrected chi connectivity index (χ3v) is 1.93. The fraction of sp³-hybridized carbons (Fsp3) is 0.200. The number of primary amides is 1. The van der Waals surface area contributed by atoms with E-state index in [-0.39, 0.29) is 11.4 Å². The molecule has 0 spiro atoms. The summed E-state index contributed by atoms with van der Waals surface area (Å²) in [5, 5.41) is 1.29. The average molecular weight is 189 g/mol. The van der Waals surface area contributed by atoms with E-state index in [1.807, 2.05) is 0 Å². The standard InChI is InChI=1S/C5H7N3O3S/c6-5(9)7-8-2-1-4(3-8)12(10)11/h1-2H,3H2,(H3,6,7,9). The predicted molar refractivity (Wildman–Crippen MR) is 42.5 cm³/mol. The first-order valence-corrected chi connectivity index (χ1v) is 4.13. The van der Waals surface area contributed by atoms with Gasteiger partial charge in [-0.15, -0.1) is 0 Å². The van der Waals surface area contributed by atoms with Crippen molar-refractivity contribution in [2.75, 3.05) is 6.54 Å². The zero-order chi connectivity index (χ0) is 9.14. The van der Waals surface area contributed by atoms with Crippen molar-refractivity contribution in [2.24, 2.45) is 5.73 Å². The average Bonchev–Trinajstić information content (AvgIpc) is 2.34. The lowest BCUT2D eigenvalue weighted by molar-refractivity contribution is 0.225. The van der Waals surface area contributed by atoms with Crippen molar-refractivity contribution in [1.82, 2.24) is 10.4 Å². The predicted octanol–water partition coefficient (Wildman–Crippen LogP) is -1.55. The Morgan fingerprint density at radius 2 is 2.33 bits per heavy atom. The first kappa shape index (κ1) is 8.60. The first-order valence-electron chi connectivity index (χ1n) is 3.05. The van der Waals surface area contributed by atoms with Crippen LogP contribution in [0.25, 0.3) is 0 Å². The number of rotatable bonds is 1. The van der Waals surface area contributed by atoms with Gasteiger partial charge in [-0.05, 0) is 6.08 Å². The molecule has 0 fully saturated rings. The highest BCUT2D eigenvalue weighted by Crippen LogP contribution is 1.96. The number of urea groups is 1. The molecule has 2 amide bonds. The van der Waals surface area contributed by atoms with Crippen LogP contribution >= 0.6 is 0 Å². The third kappa shape index (κ3) is 1.99. The van der Waals surface area contributed by atoms with Gasteiger partial charge in [0.1, 0.15) is 0 Å². The molecule has 66 valence electrons. The molecule has 3 N–H and O–H groups in total. The smallest absolute Gasteiger partial charge is 0.330 e. The second kappa shape index (κ2) is 3.26. The minimum atomic E-state index is -2.23. The van der Waals surface area contributed by atoms with Gasteiger partial charge in [-0.1, -0.05) is 0 Å². The van der Waals surface area contributed by atoms with Crippen LogP contribution in [0.3, 0.4) is 0 Å². The normalized spacial score (nSPS) is 15.0. The maximum atomic E-state index is 10.4. The Morgan fingerprint density at radius 1 is 1.67 bits per heavy atom. The first-order chi connectivity index (χ1) is 5.59. The van der Waals surface area contributed by atoms with Crippen molar-refractivity contribution in [3.8, 4) is 0 Å². The number of hydrazine groups is 1. The number of hydrogen-bond acceptors (Lipinski definition) is 4. The van der Waals surface area contributed by atoms with E-state index in [2.05, 4.69) is 5.43 Å². The highest BCUT2D eigenvalue weighted by molar-refractivity contribution is 7.73. The third-order valence-electron chi connectivity index (χ3n) is 1.23. The largest absolute Gasteiger partial charge is 0.350 e. The summed E-state index contributed by atoms with van der Waals surface area (Å²) in [5.41, 5.74) is 7.02. The van der Waals surface area contributed by atoms with E-state index in [4.69, 9.17) is 5.73 Å². The maximum absolute atomic E-state index is 10.4. The Labute approximate surface area is 70.1 Å². The molecule has 1 rings (SSSR count). The van der Waals surface area contributed by atoms with Gasteiger partial charge in [0.05, 0.1) is 11.4 Å². The van der Waals surface area contributed by atoms with Crippen LogP contribution in [0, 0.1) is 0 Å². The van der Waals surface area contributed by atoms with Crippen molar-refractivity contribution in [3.63, 3.8) is 0 Å². The molecule has 0 aromatic heterocycles. The topological polar surface area (TPSA) is 92.5 Å². The fourth-order valence-corrected chi connectivity index (χ4v) is 1.19. The molecule has 1 aliphatic rings. The van der Waals surface area contributed by atoms with Crippen LogP contribution in [-0.4, -0.2) is 30.9 Å². The molecule has 1 aliphatic heterocycles. The van der Waals surface area contributed by atoms with E-state index in [1.165, 1.54) is 17.3 Å². The zero-order valence-corrected chi connectivity index (χ0v) is 6.84. The van der Waals surface area contributed by atoms with E-state index in [1.54, 1.807) is 0 Å². The number of nitrogens with zero attached hydrogens (tertiary/aromatic N) is 1. The minimum Gasteiger partial charge on any atom is -0.350 e. The van der Waals surface area contributed by atoms with Gasteiger partial charge in [0.25, 0.3) is 0 Å². The summed E-state index contributed by atoms with van der Waals surface area (Å²) in [4.78, 5) is 10.5. The molecule has 0 radical (unpaired) electrons. The van der Waals surface area contributed by atoms with Gasteiger partial charge in [-0.25, -0.2) is 10.2 Å². The van der Waals surface area contributed by atoms with Crippen molar-refractivity contribution in [3.05, 3.63) is 12.3 Å². The Bertz CT molecular complexity index is 348. The zero-order valence-electron chi connectivity index (χ0n) is 6.02. The van der Waals surface area contributed by atoms with Crippen molar-refractivity contribution < 1.29 is 13.2 Å². The molecular formula is C5H7N3O3S. The minimum absolute atomic E-state index is 0.124. The van der Waals surface area contributed by atoms with Crippen molar-refractivity contribution in [1.29, 1.82) is 0 Å². The molecule has 7 heteroatoms. The number of nitrogens with one attached hydrogen (secondary N) is 1. The van der Waals surface area contributed by atoms with Gasteiger partial charge in [-0.3, -0.25) is 5.01 Å². The van der Waals surface area contributed by atoms with Crippen LogP contribution in [0.2, 0.25) is 0 Å². The Morgan fingerprint density at radius 3 is 2.75 bits per heavy atom. The second-order valence-electron chi connectivity index (χ2n) is 2.12. The molecule has 0 saturated heterocycles. The molecule has 0 bridgehead atoms. The summed E-state index contributed by atoms with van der Waals surface area (Å²) < 4.78 is 20.7. The fourth-order valence-electron chi connectivity index (χ4n) is 0.773. The summed E-state index contributed by atoms with van der Waals surface area (Å²) in [5.74, 6) is 0. The van der Waals surface area contributed by atoms with Gasteiger partial charge in [0.15, 0.2) is 0 Å². The van der Waals surface area contributed by atoms with Crippen LogP contribution in [0.4, 0.5) is 4.79 Å². The Kier molecular flexibility index (Phi) is 2.34. The van der Waals surface area contributed by atoms with Crippen LogP contribution in [-0.2, 0) is 10.3 Å². The van der Waals surface area contributed by atoms with E-state index in [0.29, 0.717) is 0 Å². The van der Waals surface area contributed by atoms with Gasteiger partial charge in [0.2, 0.25) is 10.3 Å². The quantitative estimate of drug-likeness (QED) is 0.488. The molecule has 1 heterocycles. The van der Waals surface area contributed by atoms with Crippen LogP contribution in [0.1, 0.15) is 0 Å². The van der Waals surface area contributed by atoms with Gasteiger partial charge < -0.3 is 5.73 Å². The highest BCUT2D eigenvalue weighted by Gasteiger charge is 2.11. The van der Waals surface area contributed by atoms with Crippen LogP contribution in [0.5, 0.6) is 0 Å². The van der Waals surface area contributed by atoms with E-state index in [9.17, 15) is 13.2 Å². The van der Waals surface area contributed by atoms with Gasteiger partial charge in [-0.2, -0.15) is 8.42 Å². The highest BCUT2D eigenvalue weighted by atomic mass is 32.2. The van der Waals surface area contributed by atoms with E-state index in [0.717, 1.165) is 0 Å². The number of carbonyl (C=O) groups is 1. The van der Waals surface area contributed by atoms with Gasteiger partial charge >= 0.3 is 6.03 Å². The molecule has 0 aliphatic carbocycles. The molecule has 0 aromatic rings. The lowest BCUT2D eigenvalue weighted by Gasteiger charge is -2.13. The molecular weight excluding hydrogens is 182 g/mol. The van der Waals surface area contributed by atoms with E-state index < -0.39 is 16.3 Å². The molecule has 6 nitrogen and oxygen atoms in total. The summed E-state index contributed by atoms with van der Waals surface area (Å²) >= 11 is 0. The van der Waals surface area contributed by atoms with Crippen LogP contribution < -0.4 is 11.2 Å². The summed E-state index contributed by atoms with van der Waals surface area (Å²) in [6.07, 6.45) is 2.81. The molecule has 0 aromatic carbocycles. The van der Waals surface area contributed by atoms with Crippen LogP contribution in [0.15, 0.2) is 12.3 Å². The number of nitrogens with two attached hydrogens (primary N) is 1. The summed E-state index contributed by atoms with van der Waals surface area (Å²) in [6, 6.07) is -0.724. The number of hydrogen-bond donors (Lipinski definition) is 2. The molecule has 0 saturated carbocycles. The Balaban J connectivity index is 2.66. The number of carbonyl (C=O) groups excluding carboxylic acids is 1. The summed E-state index contributed by atoms with van der Waals surface area (Å²) in [7, 11) is -2.23. The van der Waals surface area contributed by atoms with Crippen molar-refractivity contribution >= 4 is 21.2 Å². The van der Waals surface area contributed by atoms with Crippen molar-refractivity contribution in [2.45, 2.75) is 0 Å².